The van der Waals surface area contributed by atoms with Crippen molar-refractivity contribution in [2.75, 3.05) is 29.6 Å². The molecule has 0 bridgehead atoms. The van der Waals surface area contributed by atoms with Crippen molar-refractivity contribution in [2.45, 2.75) is 52.7 Å². The highest BCUT2D eigenvalue weighted by Gasteiger charge is 2.40. The van der Waals surface area contributed by atoms with Crippen LogP contribution < -0.4 is 9.80 Å². The Morgan fingerprint density at radius 3 is 2.69 bits per heavy atom. The number of hydrogen-bond donors (Lipinski definition) is 1. The van der Waals surface area contributed by atoms with Crippen LogP contribution in [-0.4, -0.2) is 48.3 Å². The number of nitrogens with one attached hydrogen (secondary N) is 1. The number of pyridine rings is 1. The number of hydrogen-bond acceptors (Lipinski definition) is 5. The average molecular weight is 360 g/mol. The maximum Gasteiger partial charge on any atom is 0.415 e. The molecule has 7 nitrogen and oxygen atoms in total. The van der Waals surface area contributed by atoms with Gasteiger partial charge in [-0.05, 0) is 39.8 Å². The predicted octanol–water partition coefficient (Wildman–Crippen LogP) is 3.44. The Kier molecular flexibility index (Phi) is 4.69. The molecule has 2 atom stereocenters. The Balaban J connectivity index is 1.78. The molecule has 1 N–H and O–H groups in total. The maximum absolute atomic E-state index is 12.0. The summed E-state index contributed by atoms with van der Waals surface area (Å²) in [5.74, 6) is 1.76. The molecule has 1 aromatic heterocycles. The van der Waals surface area contributed by atoms with Gasteiger partial charge in [-0.3, -0.25) is 10.3 Å². The summed E-state index contributed by atoms with van der Waals surface area (Å²) in [4.78, 5) is 20.1. The first-order valence-corrected chi connectivity index (χ1v) is 9.00. The van der Waals surface area contributed by atoms with Gasteiger partial charge in [0.25, 0.3) is 0 Å². The number of cyclic esters (lactones) is 1. The third kappa shape index (κ3) is 3.82. The van der Waals surface area contributed by atoms with Crippen molar-refractivity contribution in [2.24, 2.45) is 5.41 Å². The standard InChI is InChI=1S/C19H28N4O3/c1-13-10-25-17(24)23(13)16-8-6-7-15(21-16)22-11-19(5,9-14(22)20)12-26-18(2,3)4/h6-8,13,20H,9-12H2,1-5H3/t13-,19-/m0/s1. The van der Waals surface area contributed by atoms with Gasteiger partial charge in [0.05, 0.1) is 18.2 Å². The van der Waals surface area contributed by atoms with Gasteiger partial charge in [-0.2, -0.15) is 0 Å². The topological polar surface area (TPSA) is 78.8 Å². The lowest BCUT2D eigenvalue weighted by atomic mass is 9.90. The Morgan fingerprint density at radius 1 is 1.38 bits per heavy atom. The fourth-order valence-electron chi connectivity index (χ4n) is 3.27. The van der Waals surface area contributed by atoms with Crippen molar-refractivity contribution in [1.82, 2.24) is 4.98 Å². The summed E-state index contributed by atoms with van der Waals surface area (Å²) in [6.45, 7) is 11.8. The molecule has 2 aliphatic rings. The summed E-state index contributed by atoms with van der Waals surface area (Å²) in [6.07, 6.45) is 0.263. The van der Waals surface area contributed by atoms with E-state index in [0.717, 1.165) is 0 Å². The second kappa shape index (κ2) is 6.54. The predicted molar refractivity (Wildman–Crippen MR) is 101 cm³/mol. The molecule has 2 fully saturated rings. The van der Waals surface area contributed by atoms with E-state index in [9.17, 15) is 4.79 Å². The number of carbonyl (C=O) groups excluding carboxylic acids is 1. The van der Waals surface area contributed by atoms with Gasteiger partial charge in [0, 0.05) is 18.4 Å². The first-order valence-electron chi connectivity index (χ1n) is 9.00. The molecule has 142 valence electrons. The fourth-order valence-corrected chi connectivity index (χ4v) is 3.27. The van der Waals surface area contributed by atoms with Crippen LogP contribution >= 0.6 is 0 Å². The third-order valence-electron chi connectivity index (χ3n) is 4.64. The first-order chi connectivity index (χ1) is 12.1. The molecular formula is C19H28N4O3. The molecule has 0 spiro atoms. The van der Waals surface area contributed by atoms with Crippen LogP contribution in [0.3, 0.4) is 0 Å². The van der Waals surface area contributed by atoms with Crippen LogP contribution in [0, 0.1) is 10.8 Å². The number of ether oxygens (including phenoxy) is 2. The molecule has 0 unspecified atom stereocenters. The van der Waals surface area contributed by atoms with E-state index in [1.807, 2.05) is 44.7 Å². The molecule has 3 heterocycles. The zero-order valence-corrected chi connectivity index (χ0v) is 16.2. The van der Waals surface area contributed by atoms with Crippen LogP contribution in [0.2, 0.25) is 0 Å². The van der Waals surface area contributed by atoms with Gasteiger partial charge in [-0.15, -0.1) is 0 Å². The number of carbonyl (C=O) groups is 1. The van der Waals surface area contributed by atoms with E-state index in [1.165, 1.54) is 0 Å². The molecule has 0 saturated carbocycles. The van der Waals surface area contributed by atoms with Gasteiger partial charge in [-0.25, -0.2) is 9.78 Å². The van der Waals surface area contributed by atoms with Crippen molar-refractivity contribution >= 4 is 23.6 Å². The second-order valence-corrected chi connectivity index (χ2v) is 8.57. The van der Waals surface area contributed by atoms with Crippen molar-refractivity contribution in [1.29, 1.82) is 5.41 Å². The molecule has 2 aliphatic heterocycles. The quantitative estimate of drug-likeness (QED) is 0.890. The number of anilines is 2. The summed E-state index contributed by atoms with van der Waals surface area (Å²) in [7, 11) is 0. The molecule has 1 amide bonds. The SMILES string of the molecule is C[C@H]1COC(=O)N1c1cccc(N2C[C@@](C)(COC(C)(C)C)CC2=N)n1. The van der Waals surface area contributed by atoms with Crippen molar-refractivity contribution in [3.63, 3.8) is 0 Å². The Hall–Kier alpha value is -2.15. The lowest BCUT2D eigenvalue weighted by Gasteiger charge is -2.29. The zero-order valence-electron chi connectivity index (χ0n) is 16.2. The lowest BCUT2D eigenvalue weighted by molar-refractivity contribution is -0.0409. The van der Waals surface area contributed by atoms with Crippen LogP contribution in [-0.2, 0) is 9.47 Å². The summed E-state index contributed by atoms with van der Waals surface area (Å²) in [5, 5.41) is 8.42. The van der Waals surface area contributed by atoms with E-state index in [0.29, 0.717) is 43.7 Å². The molecule has 0 aliphatic carbocycles. The number of amides is 1. The number of aromatic nitrogens is 1. The molecule has 1 aromatic rings. The number of nitrogens with zero attached hydrogens (tertiary/aromatic N) is 3. The monoisotopic (exact) mass is 360 g/mol. The first kappa shape index (κ1) is 18.6. The van der Waals surface area contributed by atoms with Gasteiger partial charge < -0.3 is 14.4 Å². The lowest BCUT2D eigenvalue weighted by Crippen LogP contribution is -2.34. The van der Waals surface area contributed by atoms with Gasteiger partial charge in [0.15, 0.2) is 0 Å². The van der Waals surface area contributed by atoms with Crippen molar-refractivity contribution in [3.05, 3.63) is 18.2 Å². The molecule has 0 aromatic carbocycles. The Labute approximate surface area is 154 Å². The fraction of sp³-hybridized carbons (Fsp3) is 0.632. The smallest absolute Gasteiger partial charge is 0.415 e. The van der Waals surface area contributed by atoms with E-state index in [-0.39, 0.29) is 23.2 Å². The van der Waals surface area contributed by atoms with Crippen LogP contribution in [0.15, 0.2) is 18.2 Å². The van der Waals surface area contributed by atoms with Gasteiger partial charge >= 0.3 is 6.09 Å². The van der Waals surface area contributed by atoms with Crippen LogP contribution in [0.5, 0.6) is 0 Å². The summed E-state index contributed by atoms with van der Waals surface area (Å²) in [6, 6.07) is 5.49. The van der Waals surface area contributed by atoms with Crippen LogP contribution in [0.4, 0.5) is 16.4 Å². The van der Waals surface area contributed by atoms with E-state index in [1.54, 1.807) is 11.0 Å². The Bertz CT molecular complexity index is 715. The average Bonchev–Trinajstić information content (AvgIpc) is 3.04. The van der Waals surface area contributed by atoms with E-state index < -0.39 is 0 Å². The number of amidine groups is 1. The number of rotatable bonds is 4. The third-order valence-corrected chi connectivity index (χ3v) is 4.64. The minimum absolute atomic E-state index is 0.0475. The van der Waals surface area contributed by atoms with E-state index in [2.05, 4.69) is 11.9 Å². The molecule has 3 rings (SSSR count). The Morgan fingerprint density at radius 2 is 2.08 bits per heavy atom. The van der Waals surface area contributed by atoms with Gasteiger partial charge in [-0.1, -0.05) is 13.0 Å². The van der Waals surface area contributed by atoms with E-state index in [4.69, 9.17) is 14.9 Å². The molecular weight excluding hydrogens is 332 g/mol. The van der Waals surface area contributed by atoms with Gasteiger partial charge in [0.2, 0.25) is 0 Å². The van der Waals surface area contributed by atoms with Gasteiger partial charge in [0.1, 0.15) is 24.1 Å². The summed E-state index contributed by atoms with van der Waals surface area (Å²) >= 11 is 0. The van der Waals surface area contributed by atoms with Crippen molar-refractivity contribution in [3.8, 4) is 0 Å². The molecule has 7 heteroatoms. The zero-order chi connectivity index (χ0) is 19.1. The highest BCUT2D eigenvalue weighted by molar-refractivity contribution is 5.98. The maximum atomic E-state index is 12.0. The summed E-state index contributed by atoms with van der Waals surface area (Å²) < 4.78 is 11.1. The normalized spacial score (nSPS) is 26.6. The van der Waals surface area contributed by atoms with Crippen molar-refractivity contribution < 1.29 is 14.3 Å². The summed E-state index contributed by atoms with van der Waals surface area (Å²) in [5.41, 5.74) is -0.342. The minimum atomic E-state index is -0.373. The van der Waals surface area contributed by atoms with E-state index >= 15 is 0 Å². The molecule has 0 radical (unpaired) electrons. The second-order valence-electron chi connectivity index (χ2n) is 8.57. The largest absolute Gasteiger partial charge is 0.447 e. The molecule has 26 heavy (non-hydrogen) atoms. The highest BCUT2D eigenvalue weighted by Crippen LogP contribution is 2.35. The van der Waals surface area contributed by atoms with Crippen LogP contribution in [0.25, 0.3) is 0 Å². The minimum Gasteiger partial charge on any atom is -0.447 e. The molecule has 2 saturated heterocycles. The van der Waals surface area contributed by atoms with Crippen LogP contribution in [0.1, 0.15) is 41.0 Å². The highest BCUT2D eigenvalue weighted by atomic mass is 16.6.